The average molecular weight is 306 g/mol. The highest BCUT2D eigenvalue weighted by Gasteiger charge is 2.22. The molecule has 0 radical (unpaired) electrons. The van der Waals surface area contributed by atoms with E-state index in [0.29, 0.717) is 25.3 Å². The molecule has 118 valence electrons. The zero-order valence-electron chi connectivity index (χ0n) is 12.3. The van der Waals surface area contributed by atoms with Crippen molar-refractivity contribution in [1.29, 1.82) is 0 Å². The van der Waals surface area contributed by atoms with E-state index in [1.807, 2.05) is 6.92 Å². The molecule has 0 aliphatic carbocycles. The van der Waals surface area contributed by atoms with Crippen molar-refractivity contribution in [3.05, 3.63) is 35.4 Å². The number of primary amides is 1. The van der Waals surface area contributed by atoms with Crippen LogP contribution < -0.4 is 5.73 Å². The monoisotopic (exact) mass is 306 g/mol. The fraction of sp³-hybridized carbons (Fsp3) is 0.400. The Kier molecular flexibility index (Phi) is 5.11. The molecule has 7 heteroatoms. The Bertz CT molecular complexity index is 570. The zero-order valence-corrected chi connectivity index (χ0v) is 12.3. The maximum Gasteiger partial charge on any atom is 0.338 e. The summed E-state index contributed by atoms with van der Waals surface area (Å²) in [6.07, 6.45) is -0.0188. The van der Waals surface area contributed by atoms with E-state index < -0.39 is 11.9 Å². The molecular formula is C15H18N2O5. The first kappa shape index (κ1) is 16.0. The van der Waals surface area contributed by atoms with Crippen LogP contribution in [0, 0.1) is 0 Å². The molecular weight excluding hydrogens is 288 g/mol. The lowest BCUT2D eigenvalue weighted by Crippen LogP contribution is -2.46. The molecule has 0 bridgehead atoms. The molecule has 22 heavy (non-hydrogen) atoms. The number of nitrogens with two attached hydrogens (primary N) is 1. The van der Waals surface area contributed by atoms with E-state index in [-0.39, 0.29) is 24.2 Å². The van der Waals surface area contributed by atoms with Gasteiger partial charge >= 0.3 is 5.97 Å². The minimum atomic E-state index is -0.620. The van der Waals surface area contributed by atoms with Crippen LogP contribution in [0.2, 0.25) is 0 Å². The smallest absolute Gasteiger partial charge is 0.338 e. The molecule has 1 unspecified atom stereocenters. The lowest BCUT2D eigenvalue weighted by molar-refractivity contribution is -0.141. The second-order valence-corrected chi connectivity index (χ2v) is 5.04. The predicted octanol–water partition coefficient (Wildman–Crippen LogP) is 0.190. The van der Waals surface area contributed by atoms with Gasteiger partial charge in [0.1, 0.15) is 0 Å². The van der Waals surface area contributed by atoms with Gasteiger partial charge in [-0.1, -0.05) is 0 Å². The van der Waals surface area contributed by atoms with Gasteiger partial charge in [0.05, 0.1) is 18.3 Å². The van der Waals surface area contributed by atoms with Gasteiger partial charge in [0.2, 0.25) is 5.91 Å². The lowest BCUT2D eigenvalue weighted by Gasteiger charge is -2.30. The van der Waals surface area contributed by atoms with Crippen molar-refractivity contribution in [2.24, 2.45) is 5.73 Å². The van der Waals surface area contributed by atoms with Gasteiger partial charge in [0, 0.05) is 18.7 Å². The summed E-state index contributed by atoms with van der Waals surface area (Å²) in [5.41, 5.74) is 5.68. The van der Waals surface area contributed by atoms with Crippen LogP contribution in [-0.2, 0) is 14.3 Å². The summed E-state index contributed by atoms with van der Waals surface area (Å²) in [4.78, 5) is 36.4. The second kappa shape index (κ2) is 7.04. The lowest BCUT2D eigenvalue weighted by atomic mass is 10.1. The van der Waals surface area contributed by atoms with E-state index in [0.717, 1.165) is 0 Å². The van der Waals surface area contributed by atoms with Gasteiger partial charge in [-0.2, -0.15) is 0 Å². The number of ether oxygens (including phenoxy) is 2. The third-order valence-corrected chi connectivity index (χ3v) is 3.33. The molecule has 1 aliphatic heterocycles. The zero-order chi connectivity index (χ0) is 16.1. The third-order valence-electron chi connectivity index (χ3n) is 3.33. The first-order chi connectivity index (χ1) is 10.5. The summed E-state index contributed by atoms with van der Waals surface area (Å²) in [6, 6.07) is 5.74. The molecule has 0 aromatic heterocycles. The number of hydrogen-bond acceptors (Lipinski definition) is 5. The van der Waals surface area contributed by atoms with E-state index in [1.165, 1.54) is 24.3 Å². The van der Waals surface area contributed by atoms with Crippen LogP contribution >= 0.6 is 0 Å². The van der Waals surface area contributed by atoms with Crippen molar-refractivity contribution < 1.29 is 23.9 Å². The normalized spacial score (nSPS) is 17.9. The first-order valence-corrected chi connectivity index (χ1v) is 6.93. The predicted molar refractivity (Wildman–Crippen MR) is 77.2 cm³/mol. The maximum absolute atomic E-state index is 12.0. The standard InChI is InChI=1S/C15H18N2O5/c1-10-8-17(6-7-21-10)13(18)9-22-15(20)12-4-2-11(3-5-12)14(16)19/h2-5,10H,6-9H2,1H3,(H2,16,19). The van der Waals surface area contributed by atoms with Gasteiger partial charge in [-0.15, -0.1) is 0 Å². The van der Waals surface area contributed by atoms with Crippen molar-refractivity contribution in [3.8, 4) is 0 Å². The van der Waals surface area contributed by atoms with E-state index >= 15 is 0 Å². The Labute approximate surface area is 128 Å². The molecule has 7 nitrogen and oxygen atoms in total. The van der Waals surface area contributed by atoms with Crippen molar-refractivity contribution >= 4 is 17.8 Å². The molecule has 1 atom stereocenters. The number of amides is 2. The quantitative estimate of drug-likeness (QED) is 0.801. The van der Waals surface area contributed by atoms with E-state index in [4.69, 9.17) is 15.2 Å². The highest BCUT2D eigenvalue weighted by atomic mass is 16.5. The molecule has 0 saturated carbocycles. The van der Waals surface area contributed by atoms with Crippen molar-refractivity contribution in [1.82, 2.24) is 4.90 Å². The summed E-state index contributed by atoms with van der Waals surface area (Å²) < 4.78 is 10.3. The van der Waals surface area contributed by atoms with Crippen LogP contribution in [0.25, 0.3) is 0 Å². The Balaban J connectivity index is 1.86. The van der Waals surface area contributed by atoms with Gasteiger partial charge in [0.15, 0.2) is 6.61 Å². The molecule has 1 aromatic carbocycles. The van der Waals surface area contributed by atoms with Gasteiger partial charge in [-0.05, 0) is 31.2 Å². The molecule has 1 aromatic rings. The van der Waals surface area contributed by atoms with Gasteiger partial charge in [-0.25, -0.2) is 4.79 Å². The van der Waals surface area contributed by atoms with Crippen molar-refractivity contribution in [2.75, 3.05) is 26.3 Å². The third kappa shape index (κ3) is 4.05. The number of carbonyl (C=O) groups excluding carboxylic acids is 3. The topological polar surface area (TPSA) is 98.9 Å². The van der Waals surface area contributed by atoms with Crippen LogP contribution in [0.5, 0.6) is 0 Å². The first-order valence-electron chi connectivity index (χ1n) is 6.93. The maximum atomic E-state index is 12.0. The Morgan fingerprint density at radius 2 is 1.91 bits per heavy atom. The molecule has 2 amide bonds. The summed E-state index contributed by atoms with van der Waals surface area (Å²) in [5.74, 6) is -1.44. The fourth-order valence-corrected chi connectivity index (χ4v) is 2.12. The Hall–Kier alpha value is -2.41. The van der Waals surface area contributed by atoms with E-state index in [9.17, 15) is 14.4 Å². The molecule has 2 N–H and O–H groups in total. The van der Waals surface area contributed by atoms with Crippen LogP contribution in [0.4, 0.5) is 0 Å². The van der Waals surface area contributed by atoms with Crippen LogP contribution in [0.1, 0.15) is 27.6 Å². The number of carbonyl (C=O) groups is 3. The molecule has 1 heterocycles. The van der Waals surface area contributed by atoms with Gasteiger partial charge in [0.25, 0.3) is 5.91 Å². The average Bonchev–Trinajstić information content (AvgIpc) is 2.52. The van der Waals surface area contributed by atoms with Crippen LogP contribution in [0.3, 0.4) is 0 Å². The largest absolute Gasteiger partial charge is 0.452 e. The Morgan fingerprint density at radius 1 is 1.27 bits per heavy atom. The van der Waals surface area contributed by atoms with Crippen LogP contribution in [-0.4, -0.2) is 55.1 Å². The van der Waals surface area contributed by atoms with Crippen molar-refractivity contribution in [3.63, 3.8) is 0 Å². The Morgan fingerprint density at radius 3 is 2.50 bits per heavy atom. The molecule has 0 spiro atoms. The van der Waals surface area contributed by atoms with Gasteiger partial charge < -0.3 is 20.1 Å². The minimum Gasteiger partial charge on any atom is -0.452 e. The minimum absolute atomic E-state index is 0.0188. The highest BCUT2D eigenvalue weighted by molar-refractivity contribution is 5.95. The number of benzene rings is 1. The van der Waals surface area contributed by atoms with Crippen molar-refractivity contribution in [2.45, 2.75) is 13.0 Å². The fourth-order valence-electron chi connectivity index (χ4n) is 2.12. The molecule has 2 rings (SSSR count). The highest BCUT2D eigenvalue weighted by Crippen LogP contribution is 2.07. The summed E-state index contributed by atoms with van der Waals surface area (Å²) >= 11 is 0. The van der Waals surface area contributed by atoms with Crippen LogP contribution in [0.15, 0.2) is 24.3 Å². The number of hydrogen-bond donors (Lipinski definition) is 1. The molecule has 1 fully saturated rings. The number of nitrogens with zero attached hydrogens (tertiary/aromatic N) is 1. The SMILES string of the molecule is CC1CN(C(=O)COC(=O)c2ccc(C(N)=O)cc2)CCO1. The molecule has 1 aliphatic rings. The van der Waals surface area contributed by atoms with Gasteiger partial charge in [-0.3, -0.25) is 9.59 Å². The molecule has 1 saturated heterocycles. The number of morpholine rings is 1. The number of esters is 1. The second-order valence-electron chi connectivity index (χ2n) is 5.04. The summed E-state index contributed by atoms with van der Waals surface area (Å²) in [6.45, 7) is 3.03. The number of rotatable bonds is 4. The summed E-state index contributed by atoms with van der Waals surface area (Å²) in [7, 11) is 0. The summed E-state index contributed by atoms with van der Waals surface area (Å²) in [5, 5.41) is 0. The van der Waals surface area contributed by atoms with E-state index in [1.54, 1.807) is 4.90 Å². The van der Waals surface area contributed by atoms with E-state index in [2.05, 4.69) is 0 Å².